The first-order chi connectivity index (χ1) is 17.3. The predicted molar refractivity (Wildman–Crippen MR) is 125 cm³/mol. The van der Waals surface area contributed by atoms with E-state index in [1.807, 2.05) is 6.07 Å². The summed E-state index contributed by atoms with van der Waals surface area (Å²) in [7, 11) is 0. The summed E-state index contributed by atoms with van der Waals surface area (Å²) in [4.78, 5) is 18.8. The van der Waals surface area contributed by atoms with Crippen LogP contribution in [0.3, 0.4) is 0 Å². The van der Waals surface area contributed by atoms with Crippen LogP contribution in [-0.2, 0) is 17.6 Å². The van der Waals surface area contributed by atoms with Crippen molar-refractivity contribution >= 4 is 5.91 Å². The standard InChI is InChI=1S/C25H33F3N4O4/c1-17-14-24(31-36-17)35-16-22(33)29-19-4-8-25(28,9-5-19)10-13-32-11-6-18-2-3-23(34-15-21(26)27)30-20(18)7-12-32/h2-3,14,19,21H,4-13,15-16H2,1H3,(H,29,33)/t19-,25+. The molecular formula is C25H33F3N4O4. The molecule has 1 amide bonds. The maximum absolute atomic E-state index is 15.5. The fourth-order valence-electron chi connectivity index (χ4n) is 4.77. The highest BCUT2D eigenvalue weighted by atomic mass is 19.3. The van der Waals surface area contributed by atoms with Gasteiger partial charge in [0.2, 0.25) is 5.88 Å². The van der Waals surface area contributed by atoms with Gasteiger partial charge in [-0.25, -0.2) is 18.2 Å². The molecule has 0 bridgehead atoms. The van der Waals surface area contributed by atoms with Crippen molar-refractivity contribution in [1.82, 2.24) is 20.4 Å². The van der Waals surface area contributed by atoms with Gasteiger partial charge in [-0.1, -0.05) is 6.07 Å². The lowest BCUT2D eigenvalue weighted by molar-refractivity contribution is -0.124. The molecule has 0 spiro atoms. The number of ether oxygens (including phenoxy) is 2. The number of fused-ring (bicyclic) bond motifs is 1. The molecule has 1 aliphatic carbocycles. The Balaban J connectivity index is 1.17. The molecule has 0 aromatic carbocycles. The number of nitrogens with zero attached hydrogens (tertiary/aromatic N) is 3. The van der Waals surface area contributed by atoms with Crippen molar-refractivity contribution in [1.29, 1.82) is 0 Å². The van der Waals surface area contributed by atoms with E-state index >= 15 is 4.39 Å². The predicted octanol–water partition coefficient (Wildman–Crippen LogP) is 3.66. The van der Waals surface area contributed by atoms with Gasteiger partial charge in [-0.05, 0) is 56.2 Å². The number of rotatable bonds is 10. The van der Waals surface area contributed by atoms with E-state index in [1.165, 1.54) is 0 Å². The molecule has 2 aromatic heterocycles. The van der Waals surface area contributed by atoms with E-state index in [1.54, 1.807) is 19.1 Å². The number of aryl methyl sites for hydroxylation is 1. The quantitative estimate of drug-likeness (QED) is 0.522. The van der Waals surface area contributed by atoms with Gasteiger partial charge in [-0.2, -0.15) is 0 Å². The van der Waals surface area contributed by atoms with E-state index in [0.29, 0.717) is 50.8 Å². The SMILES string of the molecule is Cc1cc(OCC(=O)N[C@H]2CC[C@](F)(CCN3CCc4ccc(OCC(F)F)nc4CC3)CC2)no1. The average Bonchev–Trinajstić information content (AvgIpc) is 3.17. The van der Waals surface area contributed by atoms with Gasteiger partial charge in [0.15, 0.2) is 13.2 Å². The third-order valence-electron chi connectivity index (χ3n) is 6.84. The summed E-state index contributed by atoms with van der Waals surface area (Å²) in [6.07, 6.45) is 1.33. The Hall–Kier alpha value is -2.82. The minimum Gasteiger partial charge on any atom is -0.472 e. The van der Waals surface area contributed by atoms with Gasteiger partial charge >= 0.3 is 0 Å². The Kier molecular flexibility index (Phi) is 8.71. The number of carbonyl (C=O) groups is 1. The minimum absolute atomic E-state index is 0.0655. The molecule has 1 fully saturated rings. The molecule has 1 aliphatic heterocycles. The van der Waals surface area contributed by atoms with Crippen LogP contribution in [-0.4, -0.2) is 71.9 Å². The van der Waals surface area contributed by atoms with Crippen LogP contribution in [0.4, 0.5) is 13.2 Å². The van der Waals surface area contributed by atoms with E-state index in [0.717, 1.165) is 30.8 Å². The van der Waals surface area contributed by atoms with Crippen molar-refractivity contribution in [2.75, 3.05) is 32.8 Å². The zero-order valence-corrected chi connectivity index (χ0v) is 20.5. The normalized spacial score (nSPS) is 22.6. The van der Waals surface area contributed by atoms with Gasteiger partial charge in [-0.3, -0.25) is 4.79 Å². The third-order valence-corrected chi connectivity index (χ3v) is 6.84. The zero-order chi connectivity index (χ0) is 25.5. The number of aromatic nitrogens is 2. The number of halogens is 3. The Labute approximate surface area is 208 Å². The van der Waals surface area contributed by atoms with Gasteiger partial charge in [0, 0.05) is 49.9 Å². The van der Waals surface area contributed by atoms with Crippen LogP contribution in [0.15, 0.2) is 22.7 Å². The van der Waals surface area contributed by atoms with Crippen molar-refractivity contribution in [3.05, 3.63) is 35.2 Å². The van der Waals surface area contributed by atoms with E-state index in [9.17, 15) is 13.6 Å². The number of nitrogens with one attached hydrogen (secondary N) is 1. The molecule has 36 heavy (non-hydrogen) atoms. The molecule has 0 atom stereocenters. The summed E-state index contributed by atoms with van der Waals surface area (Å²) in [5.41, 5.74) is 0.692. The van der Waals surface area contributed by atoms with Crippen molar-refractivity contribution in [2.24, 2.45) is 0 Å². The topological polar surface area (TPSA) is 89.7 Å². The van der Waals surface area contributed by atoms with Crippen molar-refractivity contribution in [3.8, 4) is 11.8 Å². The van der Waals surface area contributed by atoms with Gasteiger partial charge in [-0.15, -0.1) is 0 Å². The molecule has 198 valence electrons. The summed E-state index contributed by atoms with van der Waals surface area (Å²) in [5, 5.41) is 6.60. The molecule has 0 radical (unpaired) electrons. The van der Waals surface area contributed by atoms with Gasteiger partial charge in [0.1, 0.15) is 11.4 Å². The number of alkyl halides is 3. The molecule has 2 aliphatic rings. The Morgan fingerprint density at radius 2 is 2.00 bits per heavy atom. The molecule has 1 N–H and O–H groups in total. The van der Waals surface area contributed by atoms with Crippen LogP contribution >= 0.6 is 0 Å². The average molecular weight is 511 g/mol. The lowest BCUT2D eigenvalue weighted by Crippen LogP contribution is -2.44. The molecule has 0 saturated heterocycles. The molecule has 11 heteroatoms. The summed E-state index contributed by atoms with van der Waals surface area (Å²) in [5.74, 6) is 0.827. The zero-order valence-electron chi connectivity index (χ0n) is 20.5. The van der Waals surface area contributed by atoms with Crippen LogP contribution in [0.5, 0.6) is 11.8 Å². The Morgan fingerprint density at radius 1 is 1.22 bits per heavy atom. The number of hydrogen-bond donors (Lipinski definition) is 1. The number of hydrogen-bond acceptors (Lipinski definition) is 7. The molecule has 2 aromatic rings. The summed E-state index contributed by atoms with van der Waals surface area (Å²) < 4.78 is 55.5. The lowest BCUT2D eigenvalue weighted by Gasteiger charge is -2.35. The largest absolute Gasteiger partial charge is 0.472 e. The van der Waals surface area contributed by atoms with E-state index in [2.05, 4.69) is 20.4 Å². The smallest absolute Gasteiger partial charge is 0.272 e. The molecule has 0 unspecified atom stereocenters. The van der Waals surface area contributed by atoms with Crippen molar-refractivity contribution in [3.63, 3.8) is 0 Å². The van der Waals surface area contributed by atoms with Crippen molar-refractivity contribution < 1.29 is 32.0 Å². The Bertz CT molecular complexity index is 1010. The monoisotopic (exact) mass is 510 g/mol. The molecular weight excluding hydrogens is 477 g/mol. The van der Waals surface area contributed by atoms with Crippen LogP contribution in [0.25, 0.3) is 0 Å². The molecule has 1 saturated carbocycles. The number of pyridine rings is 1. The second-order valence-corrected chi connectivity index (χ2v) is 9.61. The van der Waals surface area contributed by atoms with Crippen molar-refractivity contribution in [2.45, 2.75) is 70.0 Å². The fraction of sp³-hybridized carbons (Fsp3) is 0.640. The van der Waals surface area contributed by atoms with E-state index in [4.69, 9.17) is 14.0 Å². The highest BCUT2D eigenvalue weighted by Gasteiger charge is 2.36. The van der Waals surface area contributed by atoms with Crippen LogP contribution in [0.1, 0.15) is 49.1 Å². The van der Waals surface area contributed by atoms with Gasteiger partial charge in [0.25, 0.3) is 18.2 Å². The van der Waals surface area contributed by atoms with Crippen LogP contribution < -0.4 is 14.8 Å². The maximum atomic E-state index is 15.5. The maximum Gasteiger partial charge on any atom is 0.272 e. The molecule has 4 rings (SSSR count). The molecule has 3 heterocycles. The highest BCUT2D eigenvalue weighted by molar-refractivity contribution is 5.77. The Morgan fingerprint density at radius 3 is 2.72 bits per heavy atom. The van der Waals surface area contributed by atoms with Gasteiger partial charge < -0.3 is 24.2 Å². The first kappa shape index (κ1) is 26.2. The van der Waals surface area contributed by atoms with Crippen LogP contribution in [0.2, 0.25) is 0 Å². The fourth-order valence-corrected chi connectivity index (χ4v) is 4.77. The number of amides is 1. The first-order valence-corrected chi connectivity index (χ1v) is 12.4. The van der Waals surface area contributed by atoms with Crippen LogP contribution in [0, 0.1) is 6.92 Å². The highest BCUT2D eigenvalue weighted by Crippen LogP contribution is 2.35. The third kappa shape index (κ3) is 7.59. The second kappa shape index (κ2) is 11.9. The number of carbonyl (C=O) groups excluding carboxylic acids is 1. The molecule has 8 nitrogen and oxygen atoms in total. The first-order valence-electron chi connectivity index (χ1n) is 12.4. The summed E-state index contributed by atoms with van der Waals surface area (Å²) >= 11 is 0. The van der Waals surface area contributed by atoms with E-state index < -0.39 is 18.7 Å². The lowest BCUT2D eigenvalue weighted by atomic mass is 9.81. The van der Waals surface area contributed by atoms with Gasteiger partial charge in [0.05, 0.1) is 0 Å². The summed E-state index contributed by atoms with van der Waals surface area (Å²) in [6.45, 7) is 3.08. The van der Waals surface area contributed by atoms with E-state index in [-0.39, 0.29) is 30.3 Å². The summed E-state index contributed by atoms with van der Waals surface area (Å²) in [6, 6.07) is 5.06. The second-order valence-electron chi connectivity index (χ2n) is 9.61. The minimum atomic E-state index is -2.54.